The lowest BCUT2D eigenvalue weighted by Crippen LogP contribution is -2.17. The first-order valence-corrected chi connectivity index (χ1v) is 7.45. The standard InChI is InChI=1S/C17H17ClN2O4/c1-23-10-16(21)19-12-4-6-13(7-5-12)20-17(22)14-9-11(18)3-8-15(14)24-2/h3-9H,10H2,1-2H3,(H,19,21)(H,20,22). The van der Waals surface area contributed by atoms with Crippen molar-refractivity contribution in [2.75, 3.05) is 31.5 Å². The number of hydrogen-bond acceptors (Lipinski definition) is 4. The second-order valence-corrected chi connectivity index (χ2v) is 5.29. The van der Waals surface area contributed by atoms with E-state index in [0.29, 0.717) is 27.7 Å². The third-order valence-electron chi connectivity index (χ3n) is 3.11. The summed E-state index contributed by atoms with van der Waals surface area (Å²) in [5.74, 6) is -0.163. The van der Waals surface area contributed by atoms with E-state index in [1.54, 1.807) is 36.4 Å². The van der Waals surface area contributed by atoms with Gasteiger partial charge in [-0.05, 0) is 42.5 Å². The molecular weight excluding hydrogens is 332 g/mol. The number of methoxy groups -OCH3 is 2. The monoisotopic (exact) mass is 348 g/mol. The summed E-state index contributed by atoms with van der Waals surface area (Å²) in [6.45, 7) is -0.0208. The summed E-state index contributed by atoms with van der Waals surface area (Å²) in [5, 5.41) is 5.86. The first-order chi connectivity index (χ1) is 11.5. The van der Waals surface area contributed by atoms with E-state index in [4.69, 9.17) is 21.1 Å². The van der Waals surface area contributed by atoms with Crippen molar-refractivity contribution < 1.29 is 19.1 Å². The second kappa shape index (κ2) is 8.33. The lowest BCUT2D eigenvalue weighted by Gasteiger charge is -2.10. The van der Waals surface area contributed by atoms with Gasteiger partial charge in [-0.15, -0.1) is 0 Å². The van der Waals surface area contributed by atoms with E-state index in [1.807, 2.05) is 0 Å². The van der Waals surface area contributed by atoms with Crippen molar-refractivity contribution in [2.45, 2.75) is 0 Å². The van der Waals surface area contributed by atoms with Crippen LogP contribution >= 0.6 is 11.6 Å². The normalized spacial score (nSPS) is 10.1. The number of ether oxygens (including phenoxy) is 2. The molecule has 2 amide bonds. The topological polar surface area (TPSA) is 76.7 Å². The maximum absolute atomic E-state index is 12.4. The Hall–Kier alpha value is -2.57. The second-order valence-electron chi connectivity index (χ2n) is 4.86. The van der Waals surface area contributed by atoms with Crippen LogP contribution in [0.2, 0.25) is 5.02 Å². The smallest absolute Gasteiger partial charge is 0.259 e. The fourth-order valence-electron chi connectivity index (χ4n) is 2.02. The molecule has 0 bridgehead atoms. The molecule has 0 aliphatic heterocycles. The summed E-state index contributed by atoms with van der Waals surface area (Å²) in [4.78, 5) is 23.8. The Morgan fingerprint density at radius 3 is 2.21 bits per heavy atom. The summed E-state index contributed by atoms with van der Waals surface area (Å²) in [6, 6.07) is 11.5. The fraction of sp³-hybridized carbons (Fsp3) is 0.176. The van der Waals surface area contributed by atoms with E-state index >= 15 is 0 Å². The van der Waals surface area contributed by atoms with Crippen LogP contribution in [-0.4, -0.2) is 32.6 Å². The molecule has 126 valence electrons. The molecule has 0 saturated heterocycles. The number of carbonyl (C=O) groups is 2. The summed E-state index contributed by atoms with van der Waals surface area (Å²) in [6.07, 6.45) is 0. The average molecular weight is 349 g/mol. The quantitative estimate of drug-likeness (QED) is 0.840. The van der Waals surface area contributed by atoms with Crippen molar-refractivity contribution in [3.8, 4) is 5.75 Å². The van der Waals surface area contributed by atoms with Gasteiger partial charge in [-0.3, -0.25) is 9.59 Å². The highest BCUT2D eigenvalue weighted by atomic mass is 35.5. The van der Waals surface area contributed by atoms with Gasteiger partial charge in [-0.2, -0.15) is 0 Å². The van der Waals surface area contributed by atoms with Gasteiger partial charge in [-0.1, -0.05) is 11.6 Å². The maximum Gasteiger partial charge on any atom is 0.259 e. The molecule has 0 aliphatic rings. The fourth-order valence-corrected chi connectivity index (χ4v) is 2.19. The van der Waals surface area contributed by atoms with Crippen LogP contribution in [0.25, 0.3) is 0 Å². The molecular formula is C17H17ClN2O4. The van der Waals surface area contributed by atoms with Gasteiger partial charge in [0.25, 0.3) is 5.91 Å². The number of benzene rings is 2. The van der Waals surface area contributed by atoms with Crippen LogP contribution in [0.1, 0.15) is 10.4 Å². The van der Waals surface area contributed by atoms with E-state index in [2.05, 4.69) is 10.6 Å². The Labute approximate surface area is 144 Å². The minimum atomic E-state index is -0.342. The van der Waals surface area contributed by atoms with Crippen molar-refractivity contribution >= 4 is 34.8 Å². The summed E-state index contributed by atoms with van der Waals surface area (Å²) >= 11 is 5.93. The Bertz CT molecular complexity index is 732. The molecule has 0 radical (unpaired) electrons. The van der Waals surface area contributed by atoms with Crippen LogP contribution in [-0.2, 0) is 9.53 Å². The minimum Gasteiger partial charge on any atom is -0.496 e. The van der Waals surface area contributed by atoms with E-state index in [9.17, 15) is 9.59 Å². The molecule has 6 nitrogen and oxygen atoms in total. The van der Waals surface area contributed by atoms with Gasteiger partial charge in [0.2, 0.25) is 5.91 Å². The van der Waals surface area contributed by atoms with Crippen LogP contribution in [0.15, 0.2) is 42.5 Å². The summed E-state index contributed by atoms with van der Waals surface area (Å²) in [5.41, 5.74) is 1.52. The minimum absolute atomic E-state index is 0.0208. The molecule has 0 fully saturated rings. The maximum atomic E-state index is 12.4. The SMILES string of the molecule is COCC(=O)Nc1ccc(NC(=O)c2cc(Cl)ccc2OC)cc1. The first-order valence-electron chi connectivity index (χ1n) is 7.07. The first kappa shape index (κ1) is 17.8. The molecule has 0 atom stereocenters. The van der Waals surface area contributed by atoms with Gasteiger partial charge in [0, 0.05) is 23.5 Å². The van der Waals surface area contributed by atoms with Crippen LogP contribution < -0.4 is 15.4 Å². The Morgan fingerprint density at radius 1 is 1.00 bits per heavy atom. The predicted molar refractivity (Wildman–Crippen MR) is 92.9 cm³/mol. The van der Waals surface area contributed by atoms with Gasteiger partial charge in [0.15, 0.2) is 0 Å². The van der Waals surface area contributed by atoms with E-state index < -0.39 is 0 Å². The molecule has 0 aliphatic carbocycles. The summed E-state index contributed by atoms with van der Waals surface area (Å²) in [7, 11) is 2.93. The zero-order valence-corrected chi connectivity index (χ0v) is 14.0. The molecule has 2 rings (SSSR count). The number of halogens is 1. The highest BCUT2D eigenvalue weighted by Crippen LogP contribution is 2.24. The molecule has 24 heavy (non-hydrogen) atoms. The molecule has 0 unspecified atom stereocenters. The van der Waals surface area contributed by atoms with Gasteiger partial charge in [0.05, 0.1) is 12.7 Å². The lowest BCUT2D eigenvalue weighted by atomic mass is 10.1. The molecule has 2 aromatic carbocycles. The van der Waals surface area contributed by atoms with Crippen molar-refractivity contribution in [1.29, 1.82) is 0 Å². The molecule has 7 heteroatoms. The number of nitrogens with one attached hydrogen (secondary N) is 2. The molecule has 2 aromatic rings. The highest BCUT2D eigenvalue weighted by molar-refractivity contribution is 6.31. The van der Waals surface area contributed by atoms with Gasteiger partial charge >= 0.3 is 0 Å². The van der Waals surface area contributed by atoms with Crippen LogP contribution in [0.4, 0.5) is 11.4 Å². The molecule has 2 N–H and O–H groups in total. The zero-order valence-electron chi connectivity index (χ0n) is 13.3. The predicted octanol–water partition coefficient (Wildman–Crippen LogP) is 3.19. The van der Waals surface area contributed by atoms with Crippen molar-refractivity contribution in [1.82, 2.24) is 0 Å². The number of hydrogen-bond donors (Lipinski definition) is 2. The molecule has 0 heterocycles. The highest BCUT2D eigenvalue weighted by Gasteiger charge is 2.13. The van der Waals surface area contributed by atoms with Crippen LogP contribution in [0, 0.1) is 0 Å². The Balaban J connectivity index is 2.07. The van der Waals surface area contributed by atoms with Crippen molar-refractivity contribution in [3.05, 3.63) is 53.1 Å². The van der Waals surface area contributed by atoms with Crippen molar-refractivity contribution in [2.24, 2.45) is 0 Å². The molecule has 0 aromatic heterocycles. The van der Waals surface area contributed by atoms with Crippen LogP contribution in [0.5, 0.6) is 5.75 Å². The Morgan fingerprint density at radius 2 is 1.62 bits per heavy atom. The summed E-state index contributed by atoms with van der Waals surface area (Å²) < 4.78 is 9.91. The number of amides is 2. The lowest BCUT2D eigenvalue weighted by molar-refractivity contribution is -0.119. The van der Waals surface area contributed by atoms with E-state index in [0.717, 1.165) is 0 Å². The van der Waals surface area contributed by atoms with Gasteiger partial charge in [-0.25, -0.2) is 0 Å². The molecule has 0 saturated carbocycles. The van der Waals surface area contributed by atoms with Crippen LogP contribution in [0.3, 0.4) is 0 Å². The van der Waals surface area contributed by atoms with E-state index in [1.165, 1.54) is 20.3 Å². The third kappa shape index (κ3) is 4.71. The number of anilines is 2. The zero-order chi connectivity index (χ0) is 17.5. The third-order valence-corrected chi connectivity index (χ3v) is 3.34. The number of rotatable bonds is 6. The number of carbonyl (C=O) groups excluding carboxylic acids is 2. The van der Waals surface area contributed by atoms with Gasteiger partial charge in [0.1, 0.15) is 12.4 Å². The van der Waals surface area contributed by atoms with E-state index in [-0.39, 0.29) is 18.4 Å². The Kier molecular flexibility index (Phi) is 6.17. The largest absolute Gasteiger partial charge is 0.496 e. The van der Waals surface area contributed by atoms with Crippen molar-refractivity contribution in [3.63, 3.8) is 0 Å². The van der Waals surface area contributed by atoms with Gasteiger partial charge < -0.3 is 20.1 Å². The average Bonchev–Trinajstić information content (AvgIpc) is 2.56. The molecule has 0 spiro atoms.